The summed E-state index contributed by atoms with van der Waals surface area (Å²) in [6.07, 6.45) is 3.45. The smallest absolute Gasteiger partial charge is 0.251 e. The molecule has 1 aromatic heterocycles. The Morgan fingerprint density at radius 1 is 0.903 bits per heavy atom. The fraction of sp³-hybridized carbons (Fsp3) is 0.308. The van der Waals surface area contributed by atoms with Gasteiger partial charge in [-0.25, -0.2) is 0 Å². The first-order valence-corrected chi connectivity index (χ1v) is 11.7. The minimum absolute atomic E-state index is 0.0622. The summed E-state index contributed by atoms with van der Waals surface area (Å²) in [6.45, 7) is 5.64. The molecule has 31 heavy (non-hydrogen) atoms. The Morgan fingerprint density at radius 2 is 1.58 bits per heavy atom. The van der Waals surface area contributed by atoms with Gasteiger partial charge >= 0.3 is 0 Å². The number of carbonyl (C=O) groups excluding carboxylic acids is 2. The molecule has 160 valence electrons. The summed E-state index contributed by atoms with van der Waals surface area (Å²) < 4.78 is 0. The van der Waals surface area contributed by atoms with E-state index in [1.165, 1.54) is 48.4 Å². The van der Waals surface area contributed by atoms with E-state index in [1.54, 1.807) is 6.92 Å². The van der Waals surface area contributed by atoms with Crippen LogP contribution in [0.25, 0.3) is 10.4 Å². The van der Waals surface area contributed by atoms with E-state index in [9.17, 15) is 9.59 Å². The number of likely N-dealkylation sites (tertiary alicyclic amines) is 1. The molecule has 0 aliphatic carbocycles. The zero-order valence-electron chi connectivity index (χ0n) is 17.9. The van der Waals surface area contributed by atoms with Crippen LogP contribution in [0.5, 0.6) is 0 Å². The second kappa shape index (κ2) is 10.0. The summed E-state index contributed by atoms with van der Waals surface area (Å²) in [5.41, 5.74) is 4.26. The maximum Gasteiger partial charge on any atom is 0.251 e. The normalized spacial score (nSPS) is 14.0. The van der Waals surface area contributed by atoms with Crippen molar-refractivity contribution in [3.05, 3.63) is 82.2 Å². The lowest BCUT2D eigenvalue weighted by Crippen LogP contribution is -2.25. The maximum absolute atomic E-state index is 12.5. The van der Waals surface area contributed by atoms with Crippen molar-refractivity contribution in [3.63, 3.8) is 0 Å². The van der Waals surface area contributed by atoms with Crippen LogP contribution < -0.4 is 5.32 Å². The summed E-state index contributed by atoms with van der Waals surface area (Å²) in [4.78, 5) is 28.2. The molecule has 0 spiro atoms. The third kappa shape index (κ3) is 5.69. The predicted molar refractivity (Wildman–Crippen MR) is 127 cm³/mol. The number of ketones is 1. The quantitative estimate of drug-likeness (QED) is 0.499. The van der Waals surface area contributed by atoms with Crippen molar-refractivity contribution < 1.29 is 9.59 Å². The predicted octanol–water partition coefficient (Wildman–Crippen LogP) is 5.19. The first kappa shape index (κ1) is 21.5. The number of amides is 1. The van der Waals surface area contributed by atoms with Crippen molar-refractivity contribution in [2.45, 2.75) is 32.7 Å². The largest absolute Gasteiger partial charge is 0.352 e. The molecular formula is C26H28N2O2S. The average Bonchev–Trinajstić information content (AvgIpc) is 3.47. The van der Waals surface area contributed by atoms with E-state index in [2.05, 4.69) is 34.5 Å². The molecule has 4 nitrogen and oxygen atoms in total. The Bertz CT molecular complexity index is 1030. The lowest BCUT2D eigenvalue weighted by molar-refractivity contribution is 0.0953. The fourth-order valence-electron chi connectivity index (χ4n) is 3.90. The van der Waals surface area contributed by atoms with Gasteiger partial charge in [-0.1, -0.05) is 36.4 Å². The highest BCUT2D eigenvalue weighted by atomic mass is 32.1. The number of Topliss-reactive ketones (excluding diaryl/α,β-unsaturated/α-hetero) is 1. The standard InChI is InChI=1S/C26H28N2O2S/c1-19(29)24-12-13-25(31-24)22-8-10-23(11-9-22)26(30)27-15-14-20-4-6-21(7-5-20)18-28-16-2-3-17-28/h4-13H,2-3,14-18H2,1H3,(H,27,30). The van der Waals surface area contributed by atoms with Gasteiger partial charge in [-0.05, 0) is 80.2 Å². The summed E-state index contributed by atoms with van der Waals surface area (Å²) in [7, 11) is 0. The van der Waals surface area contributed by atoms with Crippen molar-refractivity contribution in [2.24, 2.45) is 0 Å². The van der Waals surface area contributed by atoms with Crippen molar-refractivity contribution >= 4 is 23.0 Å². The van der Waals surface area contributed by atoms with Crippen LogP contribution in [0.15, 0.2) is 60.7 Å². The highest BCUT2D eigenvalue weighted by Gasteiger charge is 2.12. The minimum Gasteiger partial charge on any atom is -0.352 e. The van der Waals surface area contributed by atoms with Gasteiger partial charge in [-0.2, -0.15) is 0 Å². The third-order valence-corrected chi connectivity index (χ3v) is 6.95. The summed E-state index contributed by atoms with van der Waals surface area (Å²) in [5.74, 6) is 0.0151. The number of rotatable bonds is 8. The Balaban J connectivity index is 1.26. The molecule has 1 aliphatic heterocycles. The molecule has 2 aromatic carbocycles. The minimum atomic E-state index is -0.0622. The van der Waals surface area contributed by atoms with Crippen LogP contribution in [-0.4, -0.2) is 36.2 Å². The molecule has 0 bridgehead atoms. The number of nitrogens with zero attached hydrogens (tertiary/aromatic N) is 1. The van der Waals surface area contributed by atoms with E-state index >= 15 is 0 Å². The number of hydrogen-bond donors (Lipinski definition) is 1. The van der Waals surface area contributed by atoms with Gasteiger partial charge in [-0.3, -0.25) is 14.5 Å². The van der Waals surface area contributed by atoms with E-state index in [4.69, 9.17) is 0 Å². The SMILES string of the molecule is CC(=O)c1ccc(-c2ccc(C(=O)NCCc3ccc(CN4CCCC4)cc3)cc2)s1. The molecule has 0 atom stereocenters. The van der Waals surface area contributed by atoms with Crippen molar-refractivity contribution in [1.29, 1.82) is 0 Å². The highest BCUT2D eigenvalue weighted by Crippen LogP contribution is 2.28. The number of nitrogens with one attached hydrogen (secondary N) is 1. The molecule has 3 aromatic rings. The summed E-state index contributed by atoms with van der Waals surface area (Å²) in [5, 5.41) is 3.01. The Kier molecular flexibility index (Phi) is 6.95. The Labute approximate surface area is 187 Å². The third-order valence-electron chi connectivity index (χ3n) is 5.71. The number of hydrogen-bond acceptors (Lipinski definition) is 4. The van der Waals surface area contributed by atoms with Crippen LogP contribution in [0.3, 0.4) is 0 Å². The average molecular weight is 433 g/mol. The van der Waals surface area contributed by atoms with Crippen molar-refractivity contribution in [1.82, 2.24) is 10.2 Å². The van der Waals surface area contributed by atoms with Crippen molar-refractivity contribution in [3.8, 4) is 10.4 Å². The van der Waals surface area contributed by atoms with Gasteiger partial charge in [-0.15, -0.1) is 11.3 Å². The second-order valence-corrected chi connectivity index (χ2v) is 9.19. The van der Waals surface area contributed by atoms with Crippen molar-refractivity contribution in [2.75, 3.05) is 19.6 Å². The molecule has 1 fully saturated rings. The molecule has 1 saturated heterocycles. The lowest BCUT2D eigenvalue weighted by atomic mass is 10.1. The molecule has 1 aliphatic rings. The molecule has 0 radical (unpaired) electrons. The number of carbonyl (C=O) groups is 2. The molecule has 2 heterocycles. The molecule has 0 saturated carbocycles. The first-order valence-electron chi connectivity index (χ1n) is 10.9. The molecular weight excluding hydrogens is 404 g/mol. The lowest BCUT2D eigenvalue weighted by Gasteiger charge is -2.14. The maximum atomic E-state index is 12.5. The number of benzene rings is 2. The van der Waals surface area contributed by atoms with Crippen LogP contribution in [0.1, 0.15) is 50.9 Å². The van der Waals surface area contributed by atoms with Gasteiger partial charge in [0, 0.05) is 23.5 Å². The summed E-state index contributed by atoms with van der Waals surface area (Å²) in [6, 6.07) is 20.1. The molecule has 1 N–H and O–H groups in total. The fourth-order valence-corrected chi connectivity index (χ4v) is 4.81. The van der Waals surface area contributed by atoms with Crippen LogP contribution >= 0.6 is 11.3 Å². The Hall–Kier alpha value is -2.76. The molecule has 0 unspecified atom stereocenters. The van der Waals surface area contributed by atoms with Gasteiger partial charge in [0.2, 0.25) is 0 Å². The molecule has 5 heteroatoms. The van der Waals surface area contributed by atoms with Crippen LogP contribution in [-0.2, 0) is 13.0 Å². The van der Waals surface area contributed by atoms with Crippen LogP contribution in [0.2, 0.25) is 0 Å². The van der Waals surface area contributed by atoms with E-state index in [0.717, 1.165) is 28.3 Å². The number of thiophene rings is 1. The molecule has 1 amide bonds. The van der Waals surface area contributed by atoms with E-state index in [-0.39, 0.29) is 11.7 Å². The second-order valence-electron chi connectivity index (χ2n) is 8.10. The van der Waals surface area contributed by atoms with E-state index in [1.807, 2.05) is 36.4 Å². The van der Waals surface area contributed by atoms with Gasteiger partial charge in [0.05, 0.1) is 4.88 Å². The molecule has 4 rings (SSSR count). The van der Waals surface area contributed by atoms with E-state index in [0.29, 0.717) is 12.1 Å². The van der Waals surface area contributed by atoms with Gasteiger partial charge in [0.25, 0.3) is 5.91 Å². The van der Waals surface area contributed by atoms with Gasteiger partial charge < -0.3 is 5.32 Å². The Morgan fingerprint density at radius 3 is 2.23 bits per heavy atom. The van der Waals surface area contributed by atoms with Crippen LogP contribution in [0.4, 0.5) is 0 Å². The zero-order valence-corrected chi connectivity index (χ0v) is 18.7. The van der Waals surface area contributed by atoms with Crippen LogP contribution in [0, 0.1) is 0 Å². The van der Waals surface area contributed by atoms with Gasteiger partial charge in [0.1, 0.15) is 0 Å². The summed E-state index contributed by atoms with van der Waals surface area (Å²) >= 11 is 1.48. The zero-order chi connectivity index (χ0) is 21.6. The topological polar surface area (TPSA) is 49.4 Å². The monoisotopic (exact) mass is 432 g/mol. The highest BCUT2D eigenvalue weighted by molar-refractivity contribution is 7.17. The first-order chi connectivity index (χ1) is 15.1. The van der Waals surface area contributed by atoms with E-state index < -0.39 is 0 Å². The van der Waals surface area contributed by atoms with Gasteiger partial charge in [0.15, 0.2) is 5.78 Å².